The van der Waals surface area contributed by atoms with Crippen LogP contribution in [0.25, 0.3) is 0 Å². The first-order valence-corrected chi connectivity index (χ1v) is 4.67. The molecule has 3 N–H and O–H groups in total. The lowest BCUT2D eigenvalue weighted by Gasteiger charge is -2.16. The van der Waals surface area contributed by atoms with E-state index in [0.717, 1.165) is 19.3 Å². The van der Waals surface area contributed by atoms with E-state index in [1.54, 1.807) is 6.92 Å². The van der Waals surface area contributed by atoms with Crippen molar-refractivity contribution >= 4 is 5.97 Å². The summed E-state index contributed by atoms with van der Waals surface area (Å²) in [6, 6.07) is -0.490. The Hall–Kier alpha value is -0.610. The van der Waals surface area contributed by atoms with Crippen molar-refractivity contribution in [1.82, 2.24) is 5.32 Å². The van der Waals surface area contributed by atoms with Crippen molar-refractivity contribution in [3.63, 3.8) is 0 Å². The second-order valence-electron chi connectivity index (χ2n) is 3.91. The first kappa shape index (κ1) is 10.5. The van der Waals surface area contributed by atoms with Gasteiger partial charge in [0, 0.05) is 13.2 Å². The van der Waals surface area contributed by atoms with Gasteiger partial charge in [0.2, 0.25) is 0 Å². The normalized spacial score (nSPS) is 21.1. The highest BCUT2D eigenvalue weighted by atomic mass is 16.4. The molecule has 1 aliphatic carbocycles. The fourth-order valence-corrected chi connectivity index (χ4v) is 1.39. The maximum atomic E-state index is 10.5. The first-order valence-electron chi connectivity index (χ1n) is 4.67. The molecule has 0 spiro atoms. The molecular weight excluding hydrogens is 170 g/mol. The average Bonchev–Trinajstić information content (AvgIpc) is 2.82. The number of aliphatic hydroxyl groups excluding tert-OH is 1. The van der Waals surface area contributed by atoms with Crippen LogP contribution >= 0.6 is 0 Å². The molecule has 1 unspecified atom stereocenters. The van der Waals surface area contributed by atoms with Gasteiger partial charge in [-0.25, -0.2) is 0 Å². The Morgan fingerprint density at radius 3 is 2.62 bits per heavy atom. The van der Waals surface area contributed by atoms with Crippen LogP contribution < -0.4 is 5.32 Å². The van der Waals surface area contributed by atoms with E-state index >= 15 is 0 Å². The second kappa shape index (κ2) is 4.07. The maximum absolute atomic E-state index is 10.5. The third-order valence-corrected chi connectivity index (χ3v) is 2.75. The van der Waals surface area contributed by atoms with Crippen LogP contribution in [0.3, 0.4) is 0 Å². The largest absolute Gasteiger partial charge is 0.480 e. The Kier molecular flexibility index (Phi) is 3.27. The molecule has 0 aromatic heterocycles. The Morgan fingerprint density at radius 2 is 2.23 bits per heavy atom. The number of aliphatic hydroxyl groups is 1. The van der Waals surface area contributed by atoms with Crippen molar-refractivity contribution in [2.24, 2.45) is 5.41 Å². The molecule has 0 bridgehead atoms. The van der Waals surface area contributed by atoms with E-state index in [2.05, 4.69) is 5.32 Å². The van der Waals surface area contributed by atoms with Gasteiger partial charge >= 0.3 is 5.97 Å². The van der Waals surface area contributed by atoms with Crippen LogP contribution in [0.15, 0.2) is 0 Å². The lowest BCUT2D eigenvalue weighted by molar-refractivity contribution is -0.139. The lowest BCUT2D eigenvalue weighted by atomic mass is 10.0. The minimum Gasteiger partial charge on any atom is -0.480 e. The third-order valence-electron chi connectivity index (χ3n) is 2.75. The number of aliphatic carboxylic acids is 1. The molecule has 1 fully saturated rings. The van der Waals surface area contributed by atoms with Gasteiger partial charge in [0.25, 0.3) is 0 Å². The standard InChI is InChI=1S/C9H17NO3/c1-7(8(12)13)10-6-9(2-3-9)4-5-11/h7,10-11H,2-6H2,1H3,(H,12,13). The molecular formula is C9H17NO3. The zero-order valence-corrected chi connectivity index (χ0v) is 7.92. The molecule has 0 saturated heterocycles. The summed E-state index contributed by atoms with van der Waals surface area (Å²) >= 11 is 0. The molecule has 0 radical (unpaired) electrons. The number of carbonyl (C=O) groups is 1. The summed E-state index contributed by atoms with van der Waals surface area (Å²) in [7, 11) is 0. The predicted octanol–water partition coefficient (Wildman–Crippen LogP) is 0.212. The van der Waals surface area contributed by atoms with Gasteiger partial charge in [0.1, 0.15) is 6.04 Å². The number of hydrogen-bond donors (Lipinski definition) is 3. The van der Waals surface area contributed by atoms with Crippen LogP contribution in [0.2, 0.25) is 0 Å². The van der Waals surface area contributed by atoms with Gasteiger partial charge in [-0.2, -0.15) is 0 Å². The third kappa shape index (κ3) is 2.97. The molecule has 0 heterocycles. The highest BCUT2D eigenvalue weighted by Gasteiger charge is 2.41. The lowest BCUT2D eigenvalue weighted by Crippen LogP contribution is -2.37. The van der Waals surface area contributed by atoms with Gasteiger partial charge < -0.3 is 15.5 Å². The van der Waals surface area contributed by atoms with E-state index < -0.39 is 12.0 Å². The smallest absolute Gasteiger partial charge is 0.320 e. The van der Waals surface area contributed by atoms with Crippen molar-refractivity contribution in [2.45, 2.75) is 32.2 Å². The van der Waals surface area contributed by atoms with Crippen LogP contribution in [0, 0.1) is 5.41 Å². The van der Waals surface area contributed by atoms with Gasteiger partial charge in [0.15, 0.2) is 0 Å². The van der Waals surface area contributed by atoms with Gasteiger partial charge in [-0.3, -0.25) is 4.79 Å². The summed E-state index contributed by atoms with van der Waals surface area (Å²) in [4.78, 5) is 10.5. The van der Waals surface area contributed by atoms with E-state index in [4.69, 9.17) is 10.2 Å². The van der Waals surface area contributed by atoms with E-state index in [-0.39, 0.29) is 12.0 Å². The monoisotopic (exact) mass is 187 g/mol. The summed E-state index contributed by atoms with van der Waals surface area (Å²) in [5, 5.41) is 20.3. The van der Waals surface area contributed by atoms with Crippen LogP contribution in [-0.4, -0.2) is 35.4 Å². The van der Waals surface area contributed by atoms with E-state index in [0.29, 0.717) is 6.54 Å². The zero-order valence-electron chi connectivity index (χ0n) is 7.92. The summed E-state index contributed by atoms with van der Waals surface area (Å²) < 4.78 is 0. The molecule has 4 heteroatoms. The minimum atomic E-state index is -0.820. The zero-order chi connectivity index (χ0) is 9.90. The number of carboxylic acids is 1. The summed E-state index contributed by atoms with van der Waals surface area (Å²) in [5.41, 5.74) is 0.193. The Labute approximate surface area is 78.0 Å². The van der Waals surface area contributed by atoms with Crippen LogP contribution in [0.4, 0.5) is 0 Å². The number of rotatable bonds is 6. The molecule has 4 nitrogen and oxygen atoms in total. The average molecular weight is 187 g/mol. The molecule has 1 saturated carbocycles. The number of nitrogens with one attached hydrogen (secondary N) is 1. The maximum Gasteiger partial charge on any atom is 0.320 e. The fourth-order valence-electron chi connectivity index (χ4n) is 1.39. The topological polar surface area (TPSA) is 69.6 Å². The van der Waals surface area contributed by atoms with Gasteiger partial charge in [-0.05, 0) is 31.6 Å². The molecule has 0 aliphatic heterocycles. The van der Waals surface area contributed by atoms with Gasteiger partial charge in [-0.1, -0.05) is 0 Å². The molecule has 0 amide bonds. The number of carboxylic acid groups (broad SMARTS) is 1. The molecule has 1 atom stereocenters. The molecule has 13 heavy (non-hydrogen) atoms. The Bertz CT molecular complexity index is 189. The van der Waals surface area contributed by atoms with Crippen LogP contribution in [0.1, 0.15) is 26.2 Å². The van der Waals surface area contributed by atoms with E-state index in [1.807, 2.05) is 0 Å². The summed E-state index contributed by atoms with van der Waals surface area (Å²) in [5.74, 6) is -0.820. The SMILES string of the molecule is CC(NCC1(CCO)CC1)C(=O)O. The van der Waals surface area contributed by atoms with Crippen molar-refractivity contribution < 1.29 is 15.0 Å². The van der Waals surface area contributed by atoms with Gasteiger partial charge in [0.05, 0.1) is 0 Å². The minimum absolute atomic E-state index is 0.193. The van der Waals surface area contributed by atoms with E-state index in [1.165, 1.54) is 0 Å². The second-order valence-corrected chi connectivity index (χ2v) is 3.91. The van der Waals surface area contributed by atoms with Crippen LogP contribution in [-0.2, 0) is 4.79 Å². The van der Waals surface area contributed by atoms with Crippen molar-refractivity contribution in [3.05, 3.63) is 0 Å². The molecule has 76 valence electrons. The first-order chi connectivity index (χ1) is 6.09. The predicted molar refractivity (Wildman–Crippen MR) is 48.5 cm³/mol. The molecule has 1 rings (SSSR count). The fraction of sp³-hybridized carbons (Fsp3) is 0.889. The van der Waals surface area contributed by atoms with E-state index in [9.17, 15) is 4.79 Å². The Morgan fingerprint density at radius 1 is 1.62 bits per heavy atom. The van der Waals surface area contributed by atoms with Crippen molar-refractivity contribution in [2.75, 3.05) is 13.2 Å². The molecule has 1 aliphatic rings. The molecule has 0 aromatic rings. The highest BCUT2D eigenvalue weighted by Crippen LogP contribution is 2.47. The van der Waals surface area contributed by atoms with Crippen LogP contribution in [0.5, 0.6) is 0 Å². The summed E-state index contributed by atoms with van der Waals surface area (Å²) in [6.07, 6.45) is 2.99. The van der Waals surface area contributed by atoms with Crippen molar-refractivity contribution in [3.8, 4) is 0 Å². The summed E-state index contributed by atoms with van der Waals surface area (Å²) in [6.45, 7) is 2.54. The molecule has 0 aromatic carbocycles. The Balaban J connectivity index is 2.22. The quantitative estimate of drug-likeness (QED) is 0.556. The highest BCUT2D eigenvalue weighted by molar-refractivity contribution is 5.72. The van der Waals surface area contributed by atoms with Gasteiger partial charge in [-0.15, -0.1) is 0 Å². The number of hydrogen-bond acceptors (Lipinski definition) is 3. The van der Waals surface area contributed by atoms with Crippen molar-refractivity contribution in [1.29, 1.82) is 0 Å².